The lowest BCUT2D eigenvalue weighted by atomic mass is 9.99. The maximum absolute atomic E-state index is 12.3. The fourth-order valence-corrected chi connectivity index (χ4v) is 2.48. The Kier molecular flexibility index (Phi) is 5.01. The lowest BCUT2D eigenvalue weighted by Gasteiger charge is -2.30. The molecule has 1 aliphatic heterocycles. The molecule has 0 bridgehead atoms. The zero-order valence-electron chi connectivity index (χ0n) is 12.5. The van der Waals surface area contributed by atoms with E-state index in [-0.39, 0.29) is 18.1 Å². The van der Waals surface area contributed by atoms with Gasteiger partial charge in [0.05, 0.1) is 6.10 Å². The number of hydrogen-bond donors (Lipinski definition) is 2. The Bertz CT molecular complexity index is 460. The molecule has 1 aromatic carbocycles. The van der Waals surface area contributed by atoms with E-state index < -0.39 is 0 Å². The molecule has 1 aliphatic rings. The summed E-state index contributed by atoms with van der Waals surface area (Å²) in [6.45, 7) is 7.10. The first-order valence-electron chi connectivity index (χ1n) is 7.37. The highest BCUT2D eigenvalue weighted by Crippen LogP contribution is 2.16. The van der Waals surface area contributed by atoms with Crippen molar-refractivity contribution in [3.05, 3.63) is 29.8 Å². The minimum Gasteiger partial charge on any atom is -0.491 e. The van der Waals surface area contributed by atoms with Gasteiger partial charge < -0.3 is 15.4 Å². The van der Waals surface area contributed by atoms with Crippen molar-refractivity contribution in [2.75, 3.05) is 6.54 Å². The second kappa shape index (κ2) is 6.75. The summed E-state index contributed by atoms with van der Waals surface area (Å²) in [7, 11) is 0. The number of carbonyl (C=O) groups excluding carboxylic acids is 1. The normalized spacial score (nSPS) is 22.6. The van der Waals surface area contributed by atoms with Gasteiger partial charge in [0.2, 0.25) is 0 Å². The van der Waals surface area contributed by atoms with Gasteiger partial charge in [0, 0.05) is 17.6 Å². The predicted octanol–water partition coefficient (Wildman–Crippen LogP) is 2.34. The number of benzene rings is 1. The number of hydrogen-bond acceptors (Lipinski definition) is 3. The lowest BCUT2D eigenvalue weighted by molar-refractivity contribution is 0.0919. The van der Waals surface area contributed by atoms with E-state index in [1.54, 1.807) is 6.07 Å². The number of carbonyl (C=O) groups is 1. The molecule has 0 aromatic heterocycles. The quantitative estimate of drug-likeness (QED) is 0.887. The summed E-state index contributed by atoms with van der Waals surface area (Å²) in [6, 6.07) is 7.88. The van der Waals surface area contributed by atoms with Gasteiger partial charge >= 0.3 is 0 Å². The maximum Gasteiger partial charge on any atom is 0.251 e. The van der Waals surface area contributed by atoms with E-state index in [0.717, 1.165) is 25.1 Å². The molecule has 1 saturated heterocycles. The van der Waals surface area contributed by atoms with Crippen LogP contribution in [0.15, 0.2) is 24.3 Å². The van der Waals surface area contributed by atoms with Crippen molar-refractivity contribution < 1.29 is 9.53 Å². The highest BCUT2D eigenvalue weighted by atomic mass is 16.5. The van der Waals surface area contributed by atoms with Crippen LogP contribution in [-0.4, -0.2) is 30.6 Å². The van der Waals surface area contributed by atoms with Crippen LogP contribution in [-0.2, 0) is 0 Å². The van der Waals surface area contributed by atoms with E-state index in [0.29, 0.717) is 11.6 Å². The minimum atomic E-state index is -0.0280. The van der Waals surface area contributed by atoms with Crippen LogP contribution in [0.5, 0.6) is 5.75 Å². The van der Waals surface area contributed by atoms with Crippen molar-refractivity contribution >= 4 is 5.91 Å². The third-order valence-corrected chi connectivity index (χ3v) is 3.55. The number of amides is 1. The average Bonchev–Trinajstić information content (AvgIpc) is 2.41. The van der Waals surface area contributed by atoms with Gasteiger partial charge in [-0.1, -0.05) is 6.07 Å². The van der Waals surface area contributed by atoms with Crippen LogP contribution >= 0.6 is 0 Å². The standard InChI is InChI=1S/C16H24N2O2/c1-11(2)20-14-7-4-6-13(10-14)16(19)18-15-8-5-9-17-12(15)3/h4,6-7,10-12,15,17H,5,8-9H2,1-3H3,(H,18,19). The Morgan fingerprint density at radius 1 is 1.45 bits per heavy atom. The van der Waals surface area contributed by atoms with E-state index in [9.17, 15) is 4.79 Å². The fraction of sp³-hybridized carbons (Fsp3) is 0.562. The van der Waals surface area contributed by atoms with Gasteiger partial charge in [-0.2, -0.15) is 0 Å². The molecule has 4 heteroatoms. The zero-order valence-corrected chi connectivity index (χ0v) is 12.5. The largest absolute Gasteiger partial charge is 0.491 e. The molecule has 20 heavy (non-hydrogen) atoms. The van der Waals surface area contributed by atoms with Crippen molar-refractivity contribution in [2.45, 2.75) is 51.8 Å². The minimum absolute atomic E-state index is 0.0280. The average molecular weight is 276 g/mol. The summed E-state index contributed by atoms with van der Waals surface area (Å²) in [5, 5.41) is 6.50. The molecule has 110 valence electrons. The van der Waals surface area contributed by atoms with Crippen LogP contribution in [0.1, 0.15) is 44.0 Å². The maximum atomic E-state index is 12.3. The molecule has 1 amide bonds. The van der Waals surface area contributed by atoms with Crippen LogP contribution in [0.2, 0.25) is 0 Å². The van der Waals surface area contributed by atoms with Crippen molar-refractivity contribution in [1.82, 2.24) is 10.6 Å². The van der Waals surface area contributed by atoms with Crippen LogP contribution in [0, 0.1) is 0 Å². The zero-order chi connectivity index (χ0) is 14.5. The molecule has 0 spiro atoms. The molecule has 1 aromatic rings. The SMILES string of the molecule is CC(C)Oc1cccc(C(=O)NC2CCCNC2C)c1. The van der Waals surface area contributed by atoms with Gasteiger partial charge in [0.25, 0.3) is 5.91 Å². The Morgan fingerprint density at radius 2 is 2.25 bits per heavy atom. The van der Waals surface area contributed by atoms with E-state index in [1.807, 2.05) is 32.0 Å². The topological polar surface area (TPSA) is 50.4 Å². The monoisotopic (exact) mass is 276 g/mol. The molecule has 1 heterocycles. The van der Waals surface area contributed by atoms with Gasteiger partial charge in [-0.05, 0) is 58.4 Å². The summed E-state index contributed by atoms with van der Waals surface area (Å²) in [6.07, 6.45) is 2.24. The Morgan fingerprint density at radius 3 is 2.95 bits per heavy atom. The number of ether oxygens (including phenoxy) is 1. The summed E-state index contributed by atoms with van der Waals surface area (Å²) < 4.78 is 5.62. The van der Waals surface area contributed by atoms with Crippen LogP contribution < -0.4 is 15.4 Å². The lowest BCUT2D eigenvalue weighted by Crippen LogP contribution is -2.51. The summed E-state index contributed by atoms with van der Waals surface area (Å²) in [5.41, 5.74) is 0.654. The molecule has 2 unspecified atom stereocenters. The van der Waals surface area contributed by atoms with Crippen molar-refractivity contribution in [1.29, 1.82) is 0 Å². The van der Waals surface area contributed by atoms with Gasteiger partial charge in [0.1, 0.15) is 5.75 Å². The van der Waals surface area contributed by atoms with Gasteiger partial charge in [-0.3, -0.25) is 4.79 Å². The molecular formula is C16H24N2O2. The summed E-state index contributed by atoms with van der Waals surface area (Å²) in [4.78, 5) is 12.3. The second-order valence-corrected chi connectivity index (χ2v) is 5.66. The second-order valence-electron chi connectivity index (χ2n) is 5.66. The molecule has 0 aliphatic carbocycles. The summed E-state index contributed by atoms with van der Waals surface area (Å²) in [5.74, 6) is 0.710. The van der Waals surface area contributed by atoms with E-state index in [4.69, 9.17) is 4.74 Å². The third kappa shape index (κ3) is 3.97. The number of piperidine rings is 1. The molecule has 4 nitrogen and oxygen atoms in total. The smallest absolute Gasteiger partial charge is 0.251 e. The van der Waals surface area contributed by atoms with Crippen LogP contribution in [0.25, 0.3) is 0 Å². The van der Waals surface area contributed by atoms with E-state index in [2.05, 4.69) is 17.6 Å². The van der Waals surface area contributed by atoms with Crippen LogP contribution in [0.4, 0.5) is 0 Å². The number of nitrogens with one attached hydrogen (secondary N) is 2. The molecule has 0 saturated carbocycles. The van der Waals surface area contributed by atoms with E-state index >= 15 is 0 Å². The number of rotatable bonds is 4. The summed E-state index contributed by atoms with van der Waals surface area (Å²) >= 11 is 0. The molecule has 2 rings (SSSR count). The first-order valence-corrected chi connectivity index (χ1v) is 7.37. The highest BCUT2D eigenvalue weighted by Gasteiger charge is 2.22. The van der Waals surface area contributed by atoms with Gasteiger partial charge in [0.15, 0.2) is 0 Å². The van der Waals surface area contributed by atoms with Gasteiger partial charge in [-0.15, -0.1) is 0 Å². The highest BCUT2D eigenvalue weighted by molar-refractivity contribution is 5.94. The van der Waals surface area contributed by atoms with Crippen molar-refractivity contribution in [2.24, 2.45) is 0 Å². The van der Waals surface area contributed by atoms with Crippen molar-refractivity contribution in [3.63, 3.8) is 0 Å². The third-order valence-electron chi connectivity index (χ3n) is 3.55. The van der Waals surface area contributed by atoms with E-state index in [1.165, 1.54) is 0 Å². The van der Waals surface area contributed by atoms with Gasteiger partial charge in [-0.25, -0.2) is 0 Å². The molecule has 1 fully saturated rings. The molecule has 0 radical (unpaired) electrons. The first kappa shape index (κ1) is 14.9. The fourth-order valence-electron chi connectivity index (χ4n) is 2.48. The molecular weight excluding hydrogens is 252 g/mol. The Hall–Kier alpha value is -1.55. The Balaban J connectivity index is 2.01. The first-order chi connectivity index (χ1) is 9.56. The van der Waals surface area contributed by atoms with Crippen LogP contribution in [0.3, 0.4) is 0 Å². The molecule has 2 N–H and O–H groups in total. The Labute approximate surface area is 120 Å². The molecule has 2 atom stereocenters. The predicted molar refractivity (Wildman–Crippen MR) is 80.2 cm³/mol. The van der Waals surface area contributed by atoms with Crippen molar-refractivity contribution in [3.8, 4) is 5.75 Å².